The van der Waals surface area contributed by atoms with Gasteiger partial charge in [-0.25, -0.2) is 4.79 Å². The number of benzene rings is 2. The Kier molecular flexibility index (Phi) is 5.74. The molecule has 120 valence electrons. The minimum Gasteiger partial charge on any atom is -0.462 e. The van der Waals surface area contributed by atoms with E-state index in [1.54, 1.807) is 43.1 Å². The van der Waals surface area contributed by atoms with Gasteiger partial charge in [-0.15, -0.1) is 0 Å². The molecule has 0 fully saturated rings. The average molecular weight is 312 g/mol. The van der Waals surface area contributed by atoms with Gasteiger partial charge in [0, 0.05) is 18.4 Å². The molecule has 0 radical (unpaired) electrons. The molecule has 0 saturated heterocycles. The van der Waals surface area contributed by atoms with Crippen LogP contribution in [0.2, 0.25) is 0 Å². The van der Waals surface area contributed by atoms with Crippen LogP contribution in [0.5, 0.6) is 0 Å². The maximum atomic E-state index is 12.2. The van der Waals surface area contributed by atoms with Gasteiger partial charge in [0.2, 0.25) is 5.91 Å². The van der Waals surface area contributed by atoms with Crippen molar-refractivity contribution in [1.29, 1.82) is 0 Å². The first kappa shape index (κ1) is 16.5. The van der Waals surface area contributed by atoms with Crippen molar-refractivity contribution in [2.45, 2.75) is 6.92 Å². The molecule has 0 saturated carbocycles. The van der Waals surface area contributed by atoms with E-state index < -0.39 is 0 Å². The molecule has 1 amide bonds. The first-order valence-corrected chi connectivity index (χ1v) is 7.44. The average Bonchev–Trinajstić information content (AvgIpc) is 2.60. The summed E-state index contributed by atoms with van der Waals surface area (Å²) < 4.78 is 4.93. The molecule has 23 heavy (non-hydrogen) atoms. The van der Waals surface area contributed by atoms with Gasteiger partial charge in [0.1, 0.15) is 0 Å². The van der Waals surface area contributed by atoms with E-state index in [-0.39, 0.29) is 18.4 Å². The van der Waals surface area contributed by atoms with E-state index >= 15 is 0 Å². The van der Waals surface area contributed by atoms with Crippen molar-refractivity contribution in [2.75, 3.05) is 30.4 Å². The van der Waals surface area contributed by atoms with E-state index in [0.717, 1.165) is 11.4 Å². The van der Waals surface area contributed by atoms with Crippen LogP contribution < -0.4 is 10.2 Å². The number of hydrogen-bond acceptors (Lipinski definition) is 4. The number of para-hydroxylation sites is 1. The van der Waals surface area contributed by atoms with Gasteiger partial charge in [0.25, 0.3) is 0 Å². The number of carbonyl (C=O) groups excluding carboxylic acids is 2. The Bertz CT molecular complexity index is 654. The van der Waals surface area contributed by atoms with Gasteiger partial charge in [0.15, 0.2) is 0 Å². The van der Waals surface area contributed by atoms with Crippen molar-refractivity contribution >= 4 is 23.3 Å². The van der Waals surface area contributed by atoms with Crippen molar-refractivity contribution in [1.82, 2.24) is 0 Å². The van der Waals surface area contributed by atoms with E-state index in [4.69, 9.17) is 4.74 Å². The summed E-state index contributed by atoms with van der Waals surface area (Å²) in [7, 11) is 1.74. The minimum atomic E-state index is -0.348. The zero-order chi connectivity index (χ0) is 16.7. The summed E-state index contributed by atoms with van der Waals surface area (Å²) in [5.74, 6) is -0.399. The number of carbonyl (C=O) groups is 2. The number of amides is 1. The topological polar surface area (TPSA) is 58.6 Å². The molecule has 0 aromatic heterocycles. The zero-order valence-corrected chi connectivity index (χ0v) is 13.3. The number of nitrogens with one attached hydrogen (secondary N) is 1. The summed E-state index contributed by atoms with van der Waals surface area (Å²) in [4.78, 5) is 25.3. The number of nitrogens with zero attached hydrogens (tertiary/aromatic N) is 1. The molecule has 0 heterocycles. The summed E-state index contributed by atoms with van der Waals surface area (Å²) in [6.07, 6.45) is 0. The van der Waals surface area contributed by atoms with E-state index in [9.17, 15) is 9.59 Å². The van der Waals surface area contributed by atoms with Crippen LogP contribution in [0.15, 0.2) is 54.6 Å². The molecule has 1 N–H and O–H groups in total. The van der Waals surface area contributed by atoms with Crippen molar-refractivity contribution < 1.29 is 14.3 Å². The van der Waals surface area contributed by atoms with Crippen LogP contribution in [-0.4, -0.2) is 32.1 Å². The normalized spacial score (nSPS) is 10.0. The molecule has 2 aromatic carbocycles. The molecule has 5 heteroatoms. The summed E-state index contributed by atoms with van der Waals surface area (Å²) in [5.41, 5.74) is 2.11. The fourth-order valence-electron chi connectivity index (χ4n) is 2.03. The summed E-state index contributed by atoms with van der Waals surface area (Å²) in [6, 6.07) is 16.3. The predicted molar refractivity (Wildman–Crippen MR) is 90.7 cm³/mol. The molecule has 0 aliphatic heterocycles. The molecule has 2 aromatic rings. The predicted octanol–water partition coefficient (Wildman–Crippen LogP) is 2.94. The molecular formula is C18H20N2O3. The number of rotatable bonds is 6. The largest absolute Gasteiger partial charge is 0.462 e. The fourth-order valence-corrected chi connectivity index (χ4v) is 2.03. The maximum Gasteiger partial charge on any atom is 0.338 e. The lowest BCUT2D eigenvalue weighted by Crippen LogP contribution is -2.32. The Morgan fingerprint density at radius 2 is 1.70 bits per heavy atom. The molecule has 0 atom stereocenters. The van der Waals surface area contributed by atoms with E-state index in [0.29, 0.717) is 12.2 Å². The van der Waals surface area contributed by atoms with Gasteiger partial charge < -0.3 is 15.0 Å². The number of likely N-dealkylation sites (N-methyl/N-ethyl adjacent to an activating group) is 1. The second-order valence-corrected chi connectivity index (χ2v) is 4.94. The first-order valence-electron chi connectivity index (χ1n) is 7.44. The van der Waals surface area contributed by atoms with Crippen molar-refractivity contribution in [3.05, 3.63) is 60.2 Å². The zero-order valence-electron chi connectivity index (χ0n) is 13.3. The highest BCUT2D eigenvalue weighted by Crippen LogP contribution is 2.13. The van der Waals surface area contributed by atoms with Crippen molar-refractivity contribution in [3.8, 4) is 0 Å². The number of ether oxygens (including phenoxy) is 1. The monoisotopic (exact) mass is 312 g/mol. The van der Waals surface area contributed by atoms with Crippen LogP contribution in [0.4, 0.5) is 11.4 Å². The van der Waals surface area contributed by atoms with Gasteiger partial charge in [0.05, 0.1) is 18.7 Å². The third-order valence-electron chi connectivity index (χ3n) is 3.36. The van der Waals surface area contributed by atoms with Gasteiger partial charge in [-0.1, -0.05) is 18.2 Å². The SMILES string of the molecule is CCOC(=O)c1ccc(NCC(=O)N(C)c2ccccc2)cc1. The third-order valence-corrected chi connectivity index (χ3v) is 3.36. The number of hydrogen-bond donors (Lipinski definition) is 1. The smallest absolute Gasteiger partial charge is 0.338 e. The molecule has 0 aliphatic rings. The van der Waals surface area contributed by atoms with Crippen LogP contribution in [0.25, 0.3) is 0 Å². The summed E-state index contributed by atoms with van der Waals surface area (Å²) >= 11 is 0. The van der Waals surface area contributed by atoms with E-state index in [2.05, 4.69) is 5.32 Å². The van der Waals surface area contributed by atoms with Crippen LogP contribution >= 0.6 is 0 Å². The van der Waals surface area contributed by atoms with Crippen LogP contribution in [-0.2, 0) is 9.53 Å². The standard InChI is InChI=1S/C18H20N2O3/c1-3-23-18(22)14-9-11-15(12-10-14)19-13-17(21)20(2)16-7-5-4-6-8-16/h4-12,19H,3,13H2,1-2H3. The van der Waals surface area contributed by atoms with Gasteiger partial charge in [-0.2, -0.15) is 0 Å². The summed E-state index contributed by atoms with van der Waals surface area (Å²) in [5, 5.41) is 3.05. The Hall–Kier alpha value is -2.82. The van der Waals surface area contributed by atoms with Crippen molar-refractivity contribution in [3.63, 3.8) is 0 Å². The van der Waals surface area contributed by atoms with Gasteiger partial charge in [-0.05, 0) is 43.3 Å². The van der Waals surface area contributed by atoms with Crippen molar-refractivity contribution in [2.24, 2.45) is 0 Å². The lowest BCUT2D eigenvalue weighted by molar-refractivity contribution is -0.116. The minimum absolute atomic E-state index is 0.0503. The molecular weight excluding hydrogens is 292 g/mol. The molecule has 0 bridgehead atoms. The molecule has 2 rings (SSSR count). The second kappa shape index (κ2) is 7.98. The van der Waals surface area contributed by atoms with E-state index in [1.807, 2.05) is 30.3 Å². The fraction of sp³-hybridized carbons (Fsp3) is 0.222. The Balaban J connectivity index is 1.90. The lowest BCUT2D eigenvalue weighted by Gasteiger charge is -2.18. The lowest BCUT2D eigenvalue weighted by atomic mass is 10.2. The second-order valence-electron chi connectivity index (χ2n) is 4.94. The molecule has 0 aliphatic carbocycles. The highest BCUT2D eigenvalue weighted by Gasteiger charge is 2.10. The Morgan fingerprint density at radius 1 is 1.04 bits per heavy atom. The Labute approximate surface area is 135 Å². The number of anilines is 2. The molecule has 0 spiro atoms. The van der Waals surface area contributed by atoms with Crippen LogP contribution in [0, 0.1) is 0 Å². The molecule has 5 nitrogen and oxygen atoms in total. The highest BCUT2D eigenvalue weighted by atomic mass is 16.5. The Morgan fingerprint density at radius 3 is 2.30 bits per heavy atom. The first-order chi connectivity index (χ1) is 11.1. The van der Waals surface area contributed by atoms with Gasteiger partial charge in [-0.3, -0.25) is 4.79 Å². The van der Waals surface area contributed by atoms with Crippen LogP contribution in [0.3, 0.4) is 0 Å². The quantitative estimate of drug-likeness (QED) is 0.833. The molecule has 0 unspecified atom stereocenters. The third kappa shape index (κ3) is 4.57. The highest BCUT2D eigenvalue weighted by molar-refractivity contribution is 5.95. The van der Waals surface area contributed by atoms with Gasteiger partial charge >= 0.3 is 5.97 Å². The van der Waals surface area contributed by atoms with E-state index in [1.165, 1.54) is 0 Å². The van der Waals surface area contributed by atoms with Crippen LogP contribution in [0.1, 0.15) is 17.3 Å². The maximum absolute atomic E-state index is 12.2. The number of esters is 1. The summed E-state index contributed by atoms with van der Waals surface area (Å²) in [6.45, 7) is 2.28.